The van der Waals surface area contributed by atoms with Crippen LogP contribution in [0, 0.1) is 17.0 Å². The Morgan fingerprint density at radius 2 is 1.91 bits per heavy atom. The topological polar surface area (TPSA) is 150 Å². The molecule has 11 nitrogen and oxygen atoms in total. The van der Waals surface area contributed by atoms with Gasteiger partial charge in [-0.2, -0.15) is 4.72 Å². The van der Waals surface area contributed by atoms with Crippen molar-refractivity contribution in [1.82, 2.24) is 4.72 Å². The molecule has 0 aliphatic carbocycles. The Balaban J connectivity index is 1.53. The summed E-state index contributed by atoms with van der Waals surface area (Å²) in [5.41, 5.74) is 0.608. The number of esters is 1. The second-order valence-electron chi connectivity index (χ2n) is 7.03. The minimum absolute atomic E-state index is 0.0730. The molecule has 0 aliphatic heterocycles. The quantitative estimate of drug-likeness (QED) is 0.169. The molecule has 3 rings (SSSR count). The molecular weight excluding hydrogens is 466 g/mol. The number of sulfonamides is 1. The predicted octanol–water partition coefficient (Wildman–Crippen LogP) is 3.01. The van der Waals surface area contributed by atoms with Crippen LogP contribution in [0.15, 0.2) is 70.2 Å². The van der Waals surface area contributed by atoms with E-state index in [2.05, 4.69) is 10.0 Å². The van der Waals surface area contributed by atoms with Crippen LogP contribution >= 0.6 is 0 Å². The highest BCUT2D eigenvalue weighted by Gasteiger charge is 2.22. The maximum atomic E-state index is 12.5. The van der Waals surface area contributed by atoms with Crippen LogP contribution in [0.1, 0.15) is 11.3 Å². The normalized spacial score (nSPS) is 11.1. The van der Waals surface area contributed by atoms with Crippen LogP contribution in [0.2, 0.25) is 0 Å². The summed E-state index contributed by atoms with van der Waals surface area (Å²) in [5, 5.41) is 14.3. The first-order valence-electron chi connectivity index (χ1n) is 10.1. The van der Waals surface area contributed by atoms with Gasteiger partial charge in [-0.1, -0.05) is 18.2 Å². The molecule has 0 aliphatic rings. The lowest BCUT2D eigenvalue weighted by Crippen LogP contribution is -2.31. The summed E-state index contributed by atoms with van der Waals surface area (Å²) in [6.07, 6.45) is 1.47. The average Bonchev–Trinajstić information content (AvgIpc) is 3.34. The molecule has 0 bridgehead atoms. The lowest BCUT2D eigenvalue weighted by molar-refractivity contribution is -0.384. The summed E-state index contributed by atoms with van der Waals surface area (Å²) < 4.78 is 42.7. The van der Waals surface area contributed by atoms with Crippen LogP contribution in [0.5, 0.6) is 5.75 Å². The van der Waals surface area contributed by atoms with Crippen molar-refractivity contribution in [1.29, 1.82) is 0 Å². The molecule has 0 saturated heterocycles. The maximum Gasteiger partial charge on any atom is 0.321 e. The summed E-state index contributed by atoms with van der Waals surface area (Å²) in [7, 11) is -4.20. The smallest absolute Gasteiger partial charge is 0.321 e. The largest absolute Gasteiger partial charge is 0.490 e. The molecule has 2 aromatic carbocycles. The van der Waals surface area contributed by atoms with Crippen molar-refractivity contribution in [2.45, 2.75) is 18.4 Å². The van der Waals surface area contributed by atoms with Crippen molar-refractivity contribution in [2.24, 2.45) is 0 Å². The number of ether oxygens (including phenoxy) is 2. The SMILES string of the molecule is Cc1ccccc1OCCOC(=O)CNS(=O)(=O)c1ccc(NCc2ccco2)c([N+](=O)[O-])c1. The van der Waals surface area contributed by atoms with E-state index in [1.165, 1.54) is 18.4 Å². The number of benzene rings is 2. The Kier molecular flexibility index (Phi) is 8.22. The van der Waals surface area contributed by atoms with Gasteiger partial charge in [0.1, 0.15) is 37.0 Å². The second-order valence-corrected chi connectivity index (χ2v) is 8.79. The second kappa shape index (κ2) is 11.3. The number of rotatable bonds is 12. The van der Waals surface area contributed by atoms with E-state index in [1.807, 2.05) is 25.1 Å². The molecular formula is C22H23N3O8S. The lowest BCUT2D eigenvalue weighted by atomic mass is 10.2. The fourth-order valence-corrected chi connectivity index (χ4v) is 3.88. The first kappa shape index (κ1) is 24.7. The fourth-order valence-electron chi connectivity index (χ4n) is 2.89. The number of aryl methyl sites for hydroxylation is 1. The highest BCUT2D eigenvalue weighted by Crippen LogP contribution is 2.28. The third-order valence-corrected chi connectivity index (χ3v) is 6.01. The van der Waals surface area contributed by atoms with Crippen molar-refractivity contribution < 1.29 is 32.0 Å². The molecule has 0 atom stereocenters. The number of nitrogens with zero attached hydrogens (tertiary/aromatic N) is 1. The van der Waals surface area contributed by atoms with Gasteiger partial charge in [-0.25, -0.2) is 8.42 Å². The molecule has 3 aromatic rings. The zero-order valence-electron chi connectivity index (χ0n) is 18.2. The molecule has 0 amide bonds. The molecule has 2 N–H and O–H groups in total. The minimum atomic E-state index is -4.20. The number of para-hydroxylation sites is 1. The number of carbonyl (C=O) groups is 1. The average molecular weight is 490 g/mol. The maximum absolute atomic E-state index is 12.5. The molecule has 0 radical (unpaired) electrons. The monoisotopic (exact) mass is 489 g/mol. The Labute approximate surface area is 195 Å². The van der Waals surface area contributed by atoms with Gasteiger partial charge in [-0.05, 0) is 42.8 Å². The molecule has 0 saturated carbocycles. The molecule has 0 fully saturated rings. The van der Waals surface area contributed by atoms with Crippen molar-refractivity contribution in [2.75, 3.05) is 25.1 Å². The van der Waals surface area contributed by atoms with Crippen LogP contribution in [-0.2, 0) is 26.1 Å². The van der Waals surface area contributed by atoms with E-state index in [0.29, 0.717) is 11.5 Å². The predicted molar refractivity (Wildman–Crippen MR) is 122 cm³/mol. The van der Waals surface area contributed by atoms with E-state index in [-0.39, 0.29) is 30.3 Å². The molecule has 1 aromatic heterocycles. The Bertz CT molecular complexity index is 1240. The van der Waals surface area contributed by atoms with Gasteiger partial charge in [0.05, 0.1) is 22.6 Å². The Hall–Kier alpha value is -3.90. The Morgan fingerprint density at radius 1 is 1.12 bits per heavy atom. The molecule has 34 heavy (non-hydrogen) atoms. The van der Waals surface area contributed by atoms with Crippen LogP contribution in [-0.4, -0.2) is 39.1 Å². The summed E-state index contributed by atoms with van der Waals surface area (Å²) >= 11 is 0. The number of nitro benzene ring substituents is 1. The van der Waals surface area contributed by atoms with Crippen molar-refractivity contribution in [3.8, 4) is 5.75 Å². The van der Waals surface area contributed by atoms with Crippen molar-refractivity contribution in [3.05, 3.63) is 82.3 Å². The summed E-state index contributed by atoms with van der Waals surface area (Å²) in [5.74, 6) is 0.390. The van der Waals surface area contributed by atoms with Crippen LogP contribution in [0.4, 0.5) is 11.4 Å². The summed E-state index contributed by atoms with van der Waals surface area (Å²) in [6, 6.07) is 14.1. The number of hydrogen-bond acceptors (Lipinski definition) is 9. The number of carbonyl (C=O) groups excluding carboxylic acids is 1. The van der Waals surface area contributed by atoms with E-state index in [4.69, 9.17) is 13.9 Å². The van der Waals surface area contributed by atoms with E-state index >= 15 is 0 Å². The highest BCUT2D eigenvalue weighted by molar-refractivity contribution is 7.89. The summed E-state index contributed by atoms with van der Waals surface area (Å²) in [6.45, 7) is 1.44. The molecule has 180 valence electrons. The number of anilines is 1. The van der Waals surface area contributed by atoms with Gasteiger partial charge < -0.3 is 19.2 Å². The lowest BCUT2D eigenvalue weighted by Gasteiger charge is -2.11. The van der Waals surface area contributed by atoms with E-state index in [9.17, 15) is 23.3 Å². The first-order valence-corrected chi connectivity index (χ1v) is 11.6. The third-order valence-electron chi connectivity index (χ3n) is 4.61. The van der Waals surface area contributed by atoms with Gasteiger partial charge in [0.2, 0.25) is 10.0 Å². The van der Waals surface area contributed by atoms with E-state index in [1.54, 1.807) is 18.2 Å². The van der Waals surface area contributed by atoms with E-state index in [0.717, 1.165) is 11.6 Å². The molecule has 0 spiro atoms. The van der Waals surface area contributed by atoms with Gasteiger partial charge in [0.25, 0.3) is 5.69 Å². The minimum Gasteiger partial charge on any atom is -0.490 e. The van der Waals surface area contributed by atoms with Crippen molar-refractivity contribution >= 4 is 27.4 Å². The first-order chi connectivity index (χ1) is 16.3. The number of furan rings is 1. The third kappa shape index (κ3) is 6.80. The van der Waals surface area contributed by atoms with Gasteiger partial charge in [0, 0.05) is 6.07 Å². The van der Waals surface area contributed by atoms with Gasteiger partial charge >= 0.3 is 5.97 Å². The number of nitro groups is 1. The van der Waals surface area contributed by atoms with Gasteiger partial charge in [-0.15, -0.1) is 0 Å². The Morgan fingerprint density at radius 3 is 2.62 bits per heavy atom. The summed E-state index contributed by atoms with van der Waals surface area (Å²) in [4.78, 5) is 22.3. The van der Waals surface area contributed by atoms with Gasteiger partial charge in [-0.3, -0.25) is 14.9 Å². The molecule has 1 heterocycles. The zero-order chi connectivity index (χ0) is 24.6. The van der Waals surface area contributed by atoms with Crippen LogP contribution in [0.25, 0.3) is 0 Å². The molecule has 0 unspecified atom stereocenters. The van der Waals surface area contributed by atoms with Gasteiger partial charge in [0.15, 0.2) is 0 Å². The highest BCUT2D eigenvalue weighted by atomic mass is 32.2. The number of hydrogen-bond donors (Lipinski definition) is 2. The standard InChI is InChI=1S/C22H23N3O8S/c1-16-5-2-3-7-21(16)32-11-12-33-22(26)15-24-34(29,30)18-8-9-19(20(13-18)25(27)28)23-14-17-6-4-10-31-17/h2-10,13,23-24H,11-12,14-15H2,1H3. The fraction of sp³-hybridized carbons (Fsp3) is 0.227. The van der Waals surface area contributed by atoms with Crippen LogP contribution < -0.4 is 14.8 Å². The van der Waals surface area contributed by atoms with E-state index < -0.39 is 33.1 Å². The number of nitrogens with one attached hydrogen (secondary N) is 2. The zero-order valence-corrected chi connectivity index (χ0v) is 19.0. The molecule has 12 heteroatoms. The van der Waals surface area contributed by atoms with Crippen molar-refractivity contribution in [3.63, 3.8) is 0 Å². The van der Waals surface area contributed by atoms with Crippen LogP contribution in [0.3, 0.4) is 0 Å².